The number of hydrogen-bond acceptors (Lipinski definition) is 2. The topological polar surface area (TPSA) is 57.4 Å². The molecular formula is C47H29F3N4. The van der Waals surface area contributed by atoms with E-state index in [-0.39, 0.29) is 16.7 Å². The number of nitrogens with zero attached hydrogens (tertiary/aromatic N) is 4. The first-order valence-electron chi connectivity index (χ1n) is 17.5. The van der Waals surface area contributed by atoms with E-state index >= 15 is 13.2 Å². The average Bonchev–Trinajstić information content (AvgIpc) is 3.68. The van der Waals surface area contributed by atoms with Gasteiger partial charge in [-0.15, -0.1) is 0 Å². The Hall–Kier alpha value is -7.09. The zero-order chi connectivity index (χ0) is 37.3. The zero-order valence-corrected chi connectivity index (χ0v) is 29.2. The molecule has 0 bridgehead atoms. The molecule has 0 aliphatic rings. The van der Waals surface area contributed by atoms with E-state index in [1.807, 2.05) is 98.8 Å². The summed E-state index contributed by atoms with van der Waals surface area (Å²) in [5.41, 5.74) is 7.39. The minimum atomic E-state index is -4.78. The van der Waals surface area contributed by atoms with Crippen LogP contribution < -0.4 is 0 Å². The molecule has 4 nitrogen and oxygen atoms in total. The lowest BCUT2D eigenvalue weighted by atomic mass is 9.86. The minimum Gasteiger partial charge on any atom is -0.309 e. The fraction of sp³-hybridized carbons (Fsp3) is 0.0638. The number of aromatic nitrogens is 2. The van der Waals surface area contributed by atoms with Crippen molar-refractivity contribution in [2.45, 2.75) is 20.0 Å². The second kappa shape index (κ2) is 12.3. The van der Waals surface area contributed by atoms with Crippen molar-refractivity contribution in [3.05, 3.63) is 167 Å². The van der Waals surface area contributed by atoms with E-state index in [0.717, 1.165) is 60.8 Å². The van der Waals surface area contributed by atoms with Crippen LogP contribution in [-0.2, 0) is 6.18 Å². The molecule has 258 valence electrons. The Morgan fingerprint density at radius 3 is 1.57 bits per heavy atom. The fourth-order valence-electron chi connectivity index (χ4n) is 8.07. The Kier molecular flexibility index (Phi) is 7.44. The molecule has 2 aromatic heterocycles. The first-order chi connectivity index (χ1) is 26.2. The van der Waals surface area contributed by atoms with Crippen molar-refractivity contribution in [3.8, 4) is 45.8 Å². The highest BCUT2D eigenvalue weighted by atomic mass is 19.4. The fourth-order valence-corrected chi connectivity index (χ4v) is 8.07. The number of rotatable bonds is 4. The van der Waals surface area contributed by atoms with Gasteiger partial charge in [-0.2, -0.15) is 23.7 Å². The van der Waals surface area contributed by atoms with E-state index in [9.17, 15) is 10.5 Å². The van der Waals surface area contributed by atoms with E-state index in [2.05, 4.69) is 39.5 Å². The van der Waals surface area contributed by atoms with Crippen molar-refractivity contribution in [2.24, 2.45) is 0 Å². The lowest BCUT2D eigenvalue weighted by Crippen LogP contribution is -2.09. The molecule has 0 saturated carbocycles. The monoisotopic (exact) mass is 706 g/mol. The number of hydrogen-bond donors (Lipinski definition) is 0. The van der Waals surface area contributed by atoms with Crippen LogP contribution in [0.15, 0.2) is 140 Å². The van der Waals surface area contributed by atoms with E-state index < -0.39 is 11.7 Å². The molecular weight excluding hydrogens is 678 g/mol. The summed E-state index contributed by atoms with van der Waals surface area (Å²) >= 11 is 0. The van der Waals surface area contributed by atoms with Crippen LogP contribution in [0.4, 0.5) is 13.2 Å². The molecule has 54 heavy (non-hydrogen) atoms. The Morgan fingerprint density at radius 1 is 0.481 bits per heavy atom. The van der Waals surface area contributed by atoms with Gasteiger partial charge in [0.25, 0.3) is 0 Å². The lowest BCUT2D eigenvalue weighted by Gasteiger charge is -2.24. The smallest absolute Gasteiger partial charge is 0.309 e. The summed E-state index contributed by atoms with van der Waals surface area (Å²) in [5, 5.41) is 24.6. The number of halogens is 3. The van der Waals surface area contributed by atoms with E-state index in [1.165, 1.54) is 12.1 Å². The van der Waals surface area contributed by atoms with Crippen LogP contribution in [0.1, 0.15) is 27.8 Å². The number of para-hydroxylation sites is 2. The zero-order valence-electron chi connectivity index (χ0n) is 29.2. The molecule has 0 N–H and O–H groups in total. The average molecular weight is 707 g/mol. The lowest BCUT2D eigenvalue weighted by molar-refractivity contribution is -0.137. The highest BCUT2D eigenvalue weighted by molar-refractivity contribution is 6.12. The van der Waals surface area contributed by atoms with Gasteiger partial charge in [0.05, 0.1) is 62.3 Å². The van der Waals surface area contributed by atoms with Crippen LogP contribution in [-0.4, -0.2) is 9.13 Å². The van der Waals surface area contributed by atoms with Crippen LogP contribution >= 0.6 is 0 Å². The van der Waals surface area contributed by atoms with Crippen LogP contribution in [0.3, 0.4) is 0 Å². The summed E-state index contributed by atoms with van der Waals surface area (Å²) in [5.74, 6) is 0. The maximum atomic E-state index is 15.1. The van der Waals surface area contributed by atoms with Gasteiger partial charge in [0.1, 0.15) is 0 Å². The van der Waals surface area contributed by atoms with E-state index in [0.29, 0.717) is 28.1 Å². The molecule has 0 spiro atoms. The Balaban J connectivity index is 1.50. The second-order valence-electron chi connectivity index (χ2n) is 13.6. The maximum Gasteiger partial charge on any atom is 0.417 e. The van der Waals surface area contributed by atoms with Gasteiger partial charge in [-0.1, -0.05) is 83.9 Å². The normalized spacial score (nSPS) is 11.8. The number of aryl methyl sites for hydroxylation is 2. The Morgan fingerprint density at radius 2 is 1.02 bits per heavy atom. The molecule has 7 aromatic carbocycles. The van der Waals surface area contributed by atoms with Gasteiger partial charge >= 0.3 is 6.18 Å². The van der Waals surface area contributed by atoms with Gasteiger partial charge in [-0.3, -0.25) is 0 Å². The van der Waals surface area contributed by atoms with Crippen LogP contribution in [0, 0.1) is 36.5 Å². The quantitative estimate of drug-likeness (QED) is 0.183. The number of benzene rings is 7. The molecule has 9 aromatic rings. The largest absolute Gasteiger partial charge is 0.417 e. The summed E-state index contributed by atoms with van der Waals surface area (Å²) in [6.45, 7) is 4.07. The van der Waals surface area contributed by atoms with Gasteiger partial charge in [0.2, 0.25) is 0 Å². The molecule has 0 aliphatic heterocycles. The van der Waals surface area contributed by atoms with Gasteiger partial charge < -0.3 is 9.13 Å². The molecule has 0 radical (unpaired) electrons. The van der Waals surface area contributed by atoms with E-state index in [4.69, 9.17) is 0 Å². The summed E-state index contributed by atoms with van der Waals surface area (Å²) in [6, 6.07) is 47.2. The summed E-state index contributed by atoms with van der Waals surface area (Å²) < 4.78 is 49.4. The maximum absolute atomic E-state index is 15.1. The van der Waals surface area contributed by atoms with Crippen molar-refractivity contribution < 1.29 is 13.2 Å². The third-order valence-electron chi connectivity index (χ3n) is 10.3. The first-order valence-corrected chi connectivity index (χ1v) is 17.5. The summed E-state index contributed by atoms with van der Waals surface area (Å²) in [6.07, 6.45) is -4.78. The minimum absolute atomic E-state index is 0.0912. The Bertz CT molecular complexity index is 3090. The molecule has 0 aliphatic carbocycles. The van der Waals surface area contributed by atoms with Gasteiger partial charge in [0.15, 0.2) is 0 Å². The first kappa shape index (κ1) is 32.8. The van der Waals surface area contributed by atoms with Crippen molar-refractivity contribution in [2.75, 3.05) is 0 Å². The molecule has 2 heterocycles. The van der Waals surface area contributed by atoms with E-state index in [1.54, 1.807) is 18.2 Å². The molecule has 0 fully saturated rings. The summed E-state index contributed by atoms with van der Waals surface area (Å²) in [7, 11) is 0. The van der Waals surface area contributed by atoms with Crippen molar-refractivity contribution in [1.82, 2.24) is 9.13 Å². The predicted molar refractivity (Wildman–Crippen MR) is 210 cm³/mol. The molecule has 0 atom stereocenters. The van der Waals surface area contributed by atoms with Gasteiger partial charge in [-0.25, -0.2) is 0 Å². The van der Waals surface area contributed by atoms with Crippen LogP contribution in [0.25, 0.3) is 77.2 Å². The Labute approximate surface area is 308 Å². The third-order valence-corrected chi connectivity index (χ3v) is 10.3. The highest BCUT2D eigenvalue weighted by Crippen LogP contribution is 2.48. The molecule has 0 saturated heterocycles. The molecule has 9 rings (SSSR count). The predicted octanol–water partition coefficient (Wildman–Crippen LogP) is 12.6. The van der Waals surface area contributed by atoms with Crippen molar-refractivity contribution in [1.29, 1.82) is 10.5 Å². The molecule has 0 unspecified atom stereocenters. The van der Waals surface area contributed by atoms with Crippen molar-refractivity contribution >= 4 is 43.6 Å². The van der Waals surface area contributed by atoms with Crippen molar-refractivity contribution in [3.63, 3.8) is 0 Å². The number of fused-ring (bicyclic) bond motifs is 6. The molecule has 0 amide bonds. The number of alkyl halides is 3. The highest BCUT2D eigenvalue weighted by Gasteiger charge is 2.36. The van der Waals surface area contributed by atoms with Gasteiger partial charge in [-0.05, 0) is 91.7 Å². The second-order valence-corrected chi connectivity index (χ2v) is 13.6. The third kappa shape index (κ3) is 4.98. The van der Waals surface area contributed by atoms with Gasteiger partial charge in [0, 0.05) is 32.7 Å². The van der Waals surface area contributed by atoms with Crippen LogP contribution in [0.2, 0.25) is 0 Å². The SMILES string of the molecule is Cc1ccc2c(c1)c1ccccc1n2-c1cccc(C#N)c1-c1c(-c2ccc(C#N)cc2C(F)(F)F)cccc1-n1c2ccccc2c2cc(C)ccc21. The summed E-state index contributed by atoms with van der Waals surface area (Å²) in [4.78, 5) is 0. The van der Waals surface area contributed by atoms with Crippen LogP contribution in [0.5, 0.6) is 0 Å². The number of nitriles is 2. The molecule has 7 heteroatoms. The standard InChI is InChI=1S/C47H29F3N4/c1-28-17-21-41-36(23-28)33-10-3-5-13-39(33)53(41)43-15-7-9-31(27-52)45(43)46-35(32-20-19-30(26-51)25-38(32)47(48,49)50)12-8-16-44(46)54-40-14-6-4-11-34(40)37-24-29(2)18-22-42(37)54/h3-25H,1-2H3.